The number of rotatable bonds is 5. The maximum atomic E-state index is 12.2. The molecule has 1 saturated heterocycles. The summed E-state index contributed by atoms with van der Waals surface area (Å²) in [4.78, 5) is 14.4. The Labute approximate surface area is 134 Å². The summed E-state index contributed by atoms with van der Waals surface area (Å²) in [7, 11) is 1.63. The highest BCUT2D eigenvalue weighted by atomic mass is 16.5. The van der Waals surface area contributed by atoms with Crippen LogP contribution in [0, 0.1) is 12.8 Å². The Morgan fingerprint density at radius 3 is 3.13 bits per heavy atom. The van der Waals surface area contributed by atoms with Gasteiger partial charge in [-0.05, 0) is 31.9 Å². The summed E-state index contributed by atoms with van der Waals surface area (Å²) in [5.41, 5.74) is 0.733. The second kappa shape index (κ2) is 6.91. The van der Waals surface area contributed by atoms with Crippen molar-refractivity contribution in [3.8, 4) is 0 Å². The number of anilines is 1. The fourth-order valence-electron chi connectivity index (χ4n) is 2.87. The summed E-state index contributed by atoms with van der Waals surface area (Å²) in [5.74, 6) is 1.69. The normalized spacial score (nSPS) is 18.3. The van der Waals surface area contributed by atoms with Gasteiger partial charge in [-0.2, -0.15) is 4.52 Å². The Morgan fingerprint density at radius 2 is 2.30 bits per heavy atom. The number of aryl methyl sites for hydroxylation is 1. The standard InChI is InChI=1S/C15H22N6O2/c1-11-17-18-13-5-6-14(19-21(11)13)20-8-3-4-12(10-20)15(22)16-7-9-23-2/h5-6,12H,3-4,7-10H2,1-2H3,(H,16,22). The molecule has 3 rings (SSSR count). The number of carbonyl (C=O) groups excluding carboxylic acids is 1. The molecule has 0 radical (unpaired) electrons. The number of methoxy groups -OCH3 is 1. The van der Waals surface area contributed by atoms with Gasteiger partial charge in [0.15, 0.2) is 11.5 Å². The lowest BCUT2D eigenvalue weighted by Crippen LogP contribution is -2.44. The van der Waals surface area contributed by atoms with E-state index in [1.807, 2.05) is 19.1 Å². The van der Waals surface area contributed by atoms with Gasteiger partial charge in [0.2, 0.25) is 5.91 Å². The maximum Gasteiger partial charge on any atom is 0.224 e. The Balaban J connectivity index is 1.69. The number of ether oxygens (including phenoxy) is 1. The van der Waals surface area contributed by atoms with E-state index in [2.05, 4.69) is 25.5 Å². The molecule has 2 aromatic rings. The van der Waals surface area contributed by atoms with E-state index in [1.165, 1.54) is 0 Å². The minimum atomic E-state index is -0.0138. The third-order valence-electron chi connectivity index (χ3n) is 4.13. The number of nitrogens with one attached hydrogen (secondary N) is 1. The molecule has 1 aliphatic heterocycles. The second-order valence-electron chi connectivity index (χ2n) is 5.78. The third-order valence-corrected chi connectivity index (χ3v) is 4.13. The van der Waals surface area contributed by atoms with Gasteiger partial charge in [-0.25, -0.2) is 0 Å². The quantitative estimate of drug-likeness (QED) is 0.804. The Bertz CT molecular complexity index is 686. The zero-order valence-corrected chi connectivity index (χ0v) is 13.5. The topological polar surface area (TPSA) is 84.6 Å². The van der Waals surface area contributed by atoms with Gasteiger partial charge < -0.3 is 15.0 Å². The van der Waals surface area contributed by atoms with Gasteiger partial charge in [0.25, 0.3) is 0 Å². The van der Waals surface area contributed by atoms with Crippen LogP contribution >= 0.6 is 0 Å². The summed E-state index contributed by atoms with van der Waals surface area (Å²) in [6, 6.07) is 3.85. The van der Waals surface area contributed by atoms with Gasteiger partial charge in [-0.1, -0.05) is 0 Å². The van der Waals surface area contributed by atoms with Crippen LogP contribution in [-0.4, -0.2) is 59.1 Å². The van der Waals surface area contributed by atoms with Crippen LogP contribution in [0.15, 0.2) is 12.1 Å². The highest BCUT2D eigenvalue weighted by Crippen LogP contribution is 2.22. The largest absolute Gasteiger partial charge is 0.383 e. The zero-order valence-electron chi connectivity index (χ0n) is 13.5. The van der Waals surface area contributed by atoms with Crippen molar-refractivity contribution in [3.05, 3.63) is 18.0 Å². The van der Waals surface area contributed by atoms with Gasteiger partial charge in [-0.15, -0.1) is 15.3 Å². The number of amides is 1. The van der Waals surface area contributed by atoms with E-state index in [0.29, 0.717) is 19.7 Å². The van der Waals surface area contributed by atoms with Crippen LogP contribution in [0.3, 0.4) is 0 Å². The molecule has 0 bridgehead atoms. The average molecular weight is 318 g/mol. The van der Waals surface area contributed by atoms with Gasteiger partial charge in [0.1, 0.15) is 5.82 Å². The molecule has 0 aliphatic carbocycles. The first-order valence-electron chi connectivity index (χ1n) is 7.89. The van der Waals surface area contributed by atoms with E-state index in [4.69, 9.17) is 4.74 Å². The van der Waals surface area contributed by atoms with E-state index in [9.17, 15) is 4.79 Å². The highest BCUT2D eigenvalue weighted by Gasteiger charge is 2.26. The summed E-state index contributed by atoms with van der Waals surface area (Å²) in [6.07, 6.45) is 1.88. The fraction of sp³-hybridized carbons (Fsp3) is 0.600. The van der Waals surface area contributed by atoms with Gasteiger partial charge >= 0.3 is 0 Å². The first kappa shape index (κ1) is 15.7. The van der Waals surface area contributed by atoms with Crippen LogP contribution in [0.4, 0.5) is 5.82 Å². The number of fused-ring (bicyclic) bond motifs is 1. The minimum Gasteiger partial charge on any atom is -0.383 e. The number of hydrogen-bond acceptors (Lipinski definition) is 6. The Hall–Kier alpha value is -2.22. The molecule has 0 spiro atoms. The molecule has 8 nitrogen and oxygen atoms in total. The molecule has 1 N–H and O–H groups in total. The lowest BCUT2D eigenvalue weighted by Gasteiger charge is -2.32. The van der Waals surface area contributed by atoms with E-state index >= 15 is 0 Å². The van der Waals surface area contributed by atoms with Crippen LogP contribution in [-0.2, 0) is 9.53 Å². The number of carbonyl (C=O) groups is 1. The predicted molar refractivity (Wildman–Crippen MR) is 85.3 cm³/mol. The van der Waals surface area contributed by atoms with Crippen molar-refractivity contribution in [2.45, 2.75) is 19.8 Å². The number of hydrogen-bond donors (Lipinski definition) is 1. The minimum absolute atomic E-state index is 0.0138. The average Bonchev–Trinajstić information content (AvgIpc) is 2.96. The SMILES string of the molecule is COCCNC(=O)C1CCCN(c2ccc3nnc(C)n3n2)C1. The second-order valence-corrected chi connectivity index (χ2v) is 5.78. The number of piperidine rings is 1. The monoisotopic (exact) mass is 318 g/mol. The van der Waals surface area contributed by atoms with Crippen LogP contribution in [0.25, 0.3) is 5.65 Å². The van der Waals surface area contributed by atoms with E-state index in [0.717, 1.165) is 36.7 Å². The van der Waals surface area contributed by atoms with Crippen LogP contribution in [0.5, 0.6) is 0 Å². The number of nitrogens with zero attached hydrogens (tertiary/aromatic N) is 5. The molecular weight excluding hydrogens is 296 g/mol. The molecule has 3 heterocycles. The summed E-state index contributed by atoms with van der Waals surface area (Å²) in [5, 5.41) is 15.6. The van der Waals surface area contributed by atoms with Crippen molar-refractivity contribution < 1.29 is 9.53 Å². The first-order valence-corrected chi connectivity index (χ1v) is 7.89. The molecule has 1 unspecified atom stereocenters. The number of aromatic nitrogens is 4. The fourth-order valence-corrected chi connectivity index (χ4v) is 2.87. The van der Waals surface area contributed by atoms with Gasteiger partial charge in [0.05, 0.1) is 12.5 Å². The van der Waals surface area contributed by atoms with Crippen molar-refractivity contribution in [2.24, 2.45) is 5.92 Å². The molecule has 124 valence electrons. The van der Waals surface area contributed by atoms with Crippen LogP contribution < -0.4 is 10.2 Å². The van der Waals surface area contributed by atoms with E-state index in [1.54, 1.807) is 11.6 Å². The molecule has 1 amide bonds. The highest BCUT2D eigenvalue weighted by molar-refractivity contribution is 5.79. The molecular formula is C15H22N6O2. The van der Waals surface area contributed by atoms with Crippen molar-refractivity contribution in [1.29, 1.82) is 0 Å². The van der Waals surface area contributed by atoms with E-state index < -0.39 is 0 Å². The lowest BCUT2D eigenvalue weighted by atomic mass is 9.97. The van der Waals surface area contributed by atoms with Crippen molar-refractivity contribution in [2.75, 3.05) is 38.3 Å². The molecule has 0 saturated carbocycles. The summed E-state index contributed by atoms with van der Waals surface area (Å²) in [6.45, 7) is 4.54. The molecule has 2 aromatic heterocycles. The third kappa shape index (κ3) is 3.42. The molecule has 23 heavy (non-hydrogen) atoms. The maximum absolute atomic E-state index is 12.2. The Morgan fingerprint density at radius 1 is 1.43 bits per heavy atom. The smallest absolute Gasteiger partial charge is 0.224 e. The summed E-state index contributed by atoms with van der Waals surface area (Å²) >= 11 is 0. The predicted octanol–water partition coefficient (Wildman–Crippen LogP) is 0.412. The van der Waals surface area contributed by atoms with E-state index in [-0.39, 0.29) is 11.8 Å². The first-order chi connectivity index (χ1) is 11.2. The summed E-state index contributed by atoms with van der Waals surface area (Å²) < 4.78 is 6.70. The molecule has 1 fully saturated rings. The van der Waals surface area contributed by atoms with Crippen molar-refractivity contribution in [3.63, 3.8) is 0 Å². The molecule has 8 heteroatoms. The molecule has 1 atom stereocenters. The molecule has 1 aliphatic rings. The van der Waals surface area contributed by atoms with Gasteiger partial charge in [0, 0.05) is 26.7 Å². The molecule has 0 aromatic carbocycles. The lowest BCUT2D eigenvalue weighted by molar-refractivity contribution is -0.125. The van der Waals surface area contributed by atoms with Crippen LogP contribution in [0.1, 0.15) is 18.7 Å². The van der Waals surface area contributed by atoms with Crippen LogP contribution in [0.2, 0.25) is 0 Å². The zero-order chi connectivity index (χ0) is 16.2. The van der Waals surface area contributed by atoms with Gasteiger partial charge in [-0.3, -0.25) is 4.79 Å². The Kier molecular flexibility index (Phi) is 4.71. The van der Waals surface area contributed by atoms with Crippen molar-refractivity contribution >= 4 is 17.4 Å². The van der Waals surface area contributed by atoms with Crippen molar-refractivity contribution in [1.82, 2.24) is 25.1 Å².